The van der Waals surface area contributed by atoms with Crippen LogP contribution in [0.3, 0.4) is 0 Å². The summed E-state index contributed by atoms with van der Waals surface area (Å²) in [7, 11) is 1.54. The number of rotatable bonds is 9. The molecule has 0 aliphatic heterocycles. The summed E-state index contributed by atoms with van der Waals surface area (Å²) < 4.78 is 35.2. The summed E-state index contributed by atoms with van der Waals surface area (Å²) in [5, 5.41) is 8.71. The molecular formula is C21H24F2N2O3. The van der Waals surface area contributed by atoms with E-state index in [-0.39, 0.29) is 18.7 Å². The summed E-state index contributed by atoms with van der Waals surface area (Å²) in [4.78, 5) is 16.2. The number of anilines is 1. The van der Waals surface area contributed by atoms with Crippen molar-refractivity contribution in [1.82, 2.24) is 4.98 Å². The Bertz CT molecular complexity index is 817. The molecule has 1 N–H and O–H groups in total. The van der Waals surface area contributed by atoms with E-state index in [1.165, 1.54) is 23.5 Å². The van der Waals surface area contributed by atoms with Gasteiger partial charge in [-0.3, -0.25) is 4.79 Å². The minimum absolute atomic E-state index is 0.0525. The maximum absolute atomic E-state index is 14.7. The number of nitrogens with zero attached hydrogens (tertiary/aromatic N) is 2. The van der Waals surface area contributed by atoms with Crippen molar-refractivity contribution < 1.29 is 23.4 Å². The summed E-state index contributed by atoms with van der Waals surface area (Å²) in [5.74, 6) is -1.46. The fraction of sp³-hybridized carbons (Fsp3) is 0.429. The van der Waals surface area contributed by atoms with E-state index in [9.17, 15) is 13.6 Å². The monoisotopic (exact) mass is 390 g/mol. The lowest BCUT2D eigenvalue weighted by Gasteiger charge is -2.25. The first-order valence-corrected chi connectivity index (χ1v) is 9.46. The fourth-order valence-electron chi connectivity index (χ4n) is 3.25. The van der Waals surface area contributed by atoms with Crippen LogP contribution in [-0.4, -0.2) is 36.3 Å². The molecule has 1 aromatic carbocycles. The first-order chi connectivity index (χ1) is 13.5. The summed E-state index contributed by atoms with van der Waals surface area (Å²) in [6.07, 6.45) is 5.32. The topological polar surface area (TPSA) is 62.7 Å². The maximum Gasteiger partial charge on any atom is 0.303 e. The molecule has 1 fully saturated rings. The molecule has 2 aromatic rings. The molecule has 1 saturated carbocycles. The van der Waals surface area contributed by atoms with Gasteiger partial charge in [0.15, 0.2) is 0 Å². The predicted molar refractivity (Wildman–Crippen MR) is 103 cm³/mol. The Morgan fingerprint density at radius 3 is 2.64 bits per heavy atom. The van der Waals surface area contributed by atoms with Crippen molar-refractivity contribution in [2.24, 2.45) is 5.92 Å². The van der Waals surface area contributed by atoms with Crippen LogP contribution in [0.15, 0.2) is 30.5 Å². The van der Waals surface area contributed by atoms with E-state index in [2.05, 4.69) is 4.98 Å². The highest BCUT2D eigenvalue weighted by Crippen LogP contribution is 2.34. The first kappa shape index (κ1) is 20.0. The molecule has 0 spiro atoms. The molecule has 1 aliphatic rings. The standard InChI is InChI=1S/C21H24F2N2O3/c1-25(10-4-8-19(26)27)20-17(22)11-15(12-18(20)23)16-7-3-9-24-21(16)28-13-14-5-2-6-14/h3,7,9,11-12,14H,2,4-6,8,10,13H2,1H3,(H,26,27). The lowest BCUT2D eigenvalue weighted by molar-refractivity contribution is -0.137. The fourth-order valence-corrected chi connectivity index (χ4v) is 3.25. The van der Waals surface area contributed by atoms with E-state index in [1.54, 1.807) is 25.4 Å². The van der Waals surface area contributed by atoms with Crippen LogP contribution >= 0.6 is 0 Å². The predicted octanol–water partition coefficient (Wildman–Crippen LogP) is 4.51. The molecule has 0 saturated heterocycles. The number of aliphatic carboxylic acids is 1. The van der Waals surface area contributed by atoms with Gasteiger partial charge in [0.1, 0.15) is 17.3 Å². The van der Waals surface area contributed by atoms with Crippen molar-refractivity contribution in [3.8, 4) is 17.0 Å². The number of hydrogen-bond donors (Lipinski definition) is 1. The number of carbonyl (C=O) groups is 1. The Morgan fingerprint density at radius 2 is 2.04 bits per heavy atom. The molecule has 0 amide bonds. The molecule has 1 heterocycles. The molecule has 0 atom stereocenters. The van der Waals surface area contributed by atoms with Crippen LogP contribution in [0.4, 0.5) is 14.5 Å². The average Bonchev–Trinajstić information content (AvgIpc) is 2.60. The zero-order chi connectivity index (χ0) is 20.1. The second-order valence-electron chi connectivity index (χ2n) is 7.17. The summed E-state index contributed by atoms with van der Waals surface area (Å²) in [6.45, 7) is 0.793. The highest BCUT2D eigenvalue weighted by atomic mass is 19.1. The van der Waals surface area contributed by atoms with Crippen LogP contribution in [0, 0.1) is 17.6 Å². The number of halogens is 2. The Labute approximate surface area is 163 Å². The zero-order valence-electron chi connectivity index (χ0n) is 15.8. The van der Waals surface area contributed by atoms with E-state index in [0.717, 1.165) is 12.8 Å². The van der Waals surface area contributed by atoms with Gasteiger partial charge in [-0.15, -0.1) is 0 Å². The summed E-state index contributed by atoms with van der Waals surface area (Å²) in [5.41, 5.74) is 0.726. The quantitative estimate of drug-likeness (QED) is 0.683. The third-order valence-electron chi connectivity index (χ3n) is 5.05. The number of carboxylic acids is 1. The molecule has 0 unspecified atom stereocenters. The normalized spacial score (nSPS) is 13.8. The van der Waals surface area contributed by atoms with Crippen LogP contribution in [0.1, 0.15) is 32.1 Å². The minimum atomic E-state index is -0.935. The summed E-state index contributed by atoms with van der Waals surface area (Å²) >= 11 is 0. The lowest BCUT2D eigenvalue weighted by atomic mass is 9.86. The van der Waals surface area contributed by atoms with Gasteiger partial charge < -0.3 is 14.7 Å². The third kappa shape index (κ3) is 4.77. The number of ether oxygens (including phenoxy) is 1. The Balaban J connectivity index is 1.79. The van der Waals surface area contributed by atoms with Crippen molar-refractivity contribution in [2.75, 3.05) is 25.1 Å². The molecule has 7 heteroatoms. The molecule has 150 valence electrons. The highest BCUT2D eigenvalue weighted by molar-refractivity contribution is 5.71. The average molecular weight is 390 g/mol. The summed E-state index contributed by atoms with van der Waals surface area (Å²) in [6, 6.07) is 5.96. The molecule has 3 rings (SSSR count). The van der Waals surface area contributed by atoms with Crippen molar-refractivity contribution in [3.63, 3.8) is 0 Å². The van der Waals surface area contributed by atoms with Crippen LogP contribution in [0.25, 0.3) is 11.1 Å². The largest absolute Gasteiger partial charge is 0.481 e. The second kappa shape index (κ2) is 8.99. The Kier molecular flexibility index (Phi) is 6.44. The smallest absolute Gasteiger partial charge is 0.303 e. The van der Waals surface area contributed by atoms with E-state index in [0.29, 0.717) is 36.0 Å². The molecule has 0 radical (unpaired) electrons. The maximum atomic E-state index is 14.7. The molecule has 28 heavy (non-hydrogen) atoms. The van der Waals surface area contributed by atoms with Crippen LogP contribution in [-0.2, 0) is 4.79 Å². The molecule has 5 nitrogen and oxygen atoms in total. The van der Waals surface area contributed by atoms with Crippen LogP contribution in [0.2, 0.25) is 0 Å². The number of pyridine rings is 1. The van der Waals surface area contributed by atoms with E-state index in [1.807, 2.05) is 0 Å². The minimum Gasteiger partial charge on any atom is -0.481 e. The first-order valence-electron chi connectivity index (χ1n) is 9.46. The number of benzene rings is 1. The van der Waals surface area contributed by atoms with E-state index < -0.39 is 17.6 Å². The number of carboxylic acid groups (broad SMARTS) is 1. The van der Waals surface area contributed by atoms with Gasteiger partial charge in [-0.25, -0.2) is 13.8 Å². The van der Waals surface area contributed by atoms with Gasteiger partial charge in [-0.05, 0) is 55.0 Å². The number of aromatic nitrogens is 1. The van der Waals surface area contributed by atoms with Gasteiger partial charge >= 0.3 is 5.97 Å². The highest BCUT2D eigenvalue weighted by Gasteiger charge is 2.21. The van der Waals surface area contributed by atoms with Gasteiger partial charge in [-0.2, -0.15) is 0 Å². The molecule has 0 bridgehead atoms. The van der Waals surface area contributed by atoms with Crippen molar-refractivity contribution in [3.05, 3.63) is 42.1 Å². The third-order valence-corrected chi connectivity index (χ3v) is 5.05. The lowest BCUT2D eigenvalue weighted by Crippen LogP contribution is -2.22. The van der Waals surface area contributed by atoms with Gasteiger partial charge in [0, 0.05) is 31.8 Å². The van der Waals surface area contributed by atoms with Crippen molar-refractivity contribution in [2.45, 2.75) is 32.1 Å². The van der Waals surface area contributed by atoms with Crippen molar-refractivity contribution >= 4 is 11.7 Å². The van der Waals surface area contributed by atoms with Gasteiger partial charge in [-0.1, -0.05) is 6.42 Å². The Hall–Kier alpha value is -2.70. The molecular weight excluding hydrogens is 366 g/mol. The van der Waals surface area contributed by atoms with Gasteiger partial charge in [0.25, 0.3) is 0 Å². The van der Waals surface area contributed by atoms with E-state index in [4.69, 9.17) is 9.84 Å². The molecule has 1 aliphatic carbocycles. The second-order valence-corrected chi connectivity index (χ2v) is 7.17. The Morgan fingerprint density at radius 1 is 1.32 bits per heavy atom. The molecule has 1 aromatic heterocycles. The van der Waals surface area contributed by atoms with Crippen molar-refractivity contribution in [1.29, 1.82) is 0 Å². The van der Waals surface area contributed by atoms with Crippen LogP contribution < -0.4 is 9.64 Å². The number of hydrogen-bond acceptors (Lipinski definition) is 4. The van der Waals surface area contributed by atoms with Gasteiger partial charge in [0.2, 0.25) is 5.88 Å². The zero-order valence-corrected chi connectivity index (χ0v) is 15.8. The van der Waals surface area contributed by atoms with Crippen LogP contribution in [0.5, 0.6) is 5.88 Å². The SMILES string of the molecule is CN(CCCC(=O)O)c1c(F)cc(-c2cccnc2OCC2CCC2)cc1F. The van der Waals surface area contributed by atoms with E-state index >= 15 is 0 Å². The van der Waals surface area contributed by atoms with Gasteiger partial charge in [0.05, 0.1) is 6.61 Å².